The average molecular weight is 255 g/mol. The van der Waals surface area contributed by atoms with E-state index < -0.39 is 9.84 Å². The minimum atomic E-state index is -3.03. The third-order valence-corrected chi connectivity index (χ3v) is 4.50. The summed E-state index contributed by atoms with van der Waals surface area (Å²) in [5.74, 6) is 0.307. The number of rotatable bonds is 5. The Labute approximate surface area is 104 Å². The van der Waals surface area contributed by atoms with Gasteiger partial charge in [0.15, 0.2) is 9.84 Å². The second kappa shape index (κ2) is 5.65. The highest BCUT2D eigenvalue weighted by Crippen LogP contribution is 2.19. The van der Waals surface area contributed by atoms with Gasteiger partial charge in [-0.25, -0.2) is 8.42 Å². The normalized spacial score (nSPS) is 11.8. The molecule has 0 spiro atoms. The molecule has 0 radical (unpaired) electrons. The van der Waals surface area contributed by atoms with Crippen molar-refractivity contribution < 1.29 is 8.42 Å². The van der Waals surface area contributed by atoms with Gasteiger partial charge in [0.2, 0.25) is 0 Å². The summed E-state index contributed by atoms with van der Waals surface area (Å²) in [6.07, 6.45) is 0.534. The van der Waals surface area contributed by atoms with Crippen LogP contribution in [0.2, 0.25) is 0 Å². The highest BCUT2D eigenvalue weighted by molar-refractivity contribution is 7.90. The summed E-state index contributed by atoms with van der Waals surface area (Å²) in [7, 11) is -3.03. The van der Waals surface area contributed by atoms with Crippen molar-refractivity contribution in [1.29, 1.82) is 0 Å². The van der Waals surface area contributed by atoms with Crippen LogP contribution in [0.1, 0.15) is 28.7 Å². The Morgan fingerprint density at radius 2 is 1.65 bits per heavy atom. The van der Waals surface area contributed by atoms with Crippen LogP contribution in [0.15, 0.2) is 12.1 Å². The zero-order chi connectivity index (χ0) is 13.1. The van der Waals surface area contributed by atoms with Gasteiger partial charge in [0, 0.05) is 0 Å². The molecule has 96 valence electrons. The molecule has 1 aromatic carbocycles. The first-order chi connectivity index (χ1) is 7.85. The van der Waals surface area contributed by atoms with Gasteiger partial charge in [-0.1, -0.05) is 17.7 Å². The molecular weight excluding hydrogens is 234 g/mol. The maximum absolute atomic E-state index is 11.9. The van der Waals surface area contributed by atoms with Crippen LogP contribution in [0, 0.1) is 20.8 Å². The molecule has 2 N–H and O–H groups in total. The lowest BCUT2D eigenvalue weighted by atomic mass is 10.0. The van der Waals surface area contributed by atoms with Crippen LogP contribution in [-0.4, -0.2) is 20.7 Å². The van der Waals surface area contributed by atoms with Gasteiger partial charge in [-0.3, -0.25) is 0 Å². The summed E-state index contributed by atoms with van der Waals surface area (Å²) in [6, 6.07) is 4.06. The van der Waals surface area contributed by atoms with Gasteiger partial charge < -0.3 is 5.73 Å². The maximum Gasteiger partial charge on any atom is 0.154 e. The second-order valence-corrected chi connectivity index (χ2v) is 6.80. The molecule has 0 bridgehead atoms. The summed E-state index contributed by atoms with van der Waals surface area (Å²) < 4.78 is 23.8. The number of benzene rings is 1. The van der Waals surface area contributed by atoms with E-state index in [9.17, 15) is 8.42 Å². The number of hydrogen-bond donors (Lipinski definition) is 1. The quantitative estimate of drug-likeness (QED) is 0.874. The van der Waals surface area contributed by atoms with E-state index in [0.29, 0.717) is 13.0 Å². The molecule has 1 aromatic rings. The van der Waals surface area contributed by atoms with Crippen molar-refractivity contribution in [2.75, 3.05) is 12.3 Å². The fourth-order valence-electron chi connectivity index (χ4n) is 2.03. The first-order valence-corrected chi connectivity index (χ1v) is 7.65. The van der Waals surface area contributed by atoms with Crippen LogP contribution in [-0.2, 0) is 15.6 Å². The van der Waals surface area contributed by atoms with E-state index in [1.165, 1.54) is 5.56 Å². The van der Waals surface area contributed by atoms with Crippen molar-refractivity contribution in [2.45, 2.75) is 32.9 Å². The van der Waals surface area contributed by atoms with Gasteiger partial charge in [0.25, 0.3) is 0 Å². The SMILES string of the molecule is Cc1cc(C)c(CS(=O)(=O)CCCN)c(C)c1. The van der Waals surface area contributed by atoms with E-state index in [1.54, 1.807) is 0 Å². The van der Waals surface area contributed by atoms with E-state index >= 15 is 0 Å². The fraction of sp³-hybridized carbons (Fsp3) is 0.538. The lowest BCUT2D eigenvalue weighted by Gasteiger charge is -2.11. The molecular formula is C13H21NO2S. The maximum atomic E-state index is 11.9. The van der Waals surface area contributed by atoms with Crippen molar-refractivity contribution >= 4 is 9.84 Å². The molecule has 0 amide bonds. The largest absolute Gasteiger partial charge is 0.330 e. The Morgan fingerprint density at radius 3 is 2.12 bits per heavy atom. The number of sulfone groups is 1. The van der Waals surface area contributed by atoms with Crippen molar-refractivity contribution in [1.82, 2.24) is 0 Å². The van der Waals surface area contributed by atoms with Crippen LogP contribution < -0.4 is 5.73 Å². The van der Waals surface area contributed by atoms with E-state index in [0.717, 1.165) is 16.7 Å². The van der Waals surface area contributed by atoms with Crippen LogP contribution in [0.25, 0.3) is 0 Å². The minimum Gasteiger partial charge on any atom is -0.330 e. The van der Waals surface area contributed by atoms with Gasteiger partial charge in [-0.05, 0) is 50.4 Å². The molecule has 0 saturated heterocycles. The second-order valence-electron chi connectivity index (χ2n) is 4.61. The predicted octanol–water partition coefficient (Wildman–Crippen LogP) is 1.88. The van der Waals surface area contributed by atoms with Gasteiger partial charge in [0.1, 0.15) is 0 Å². The summed E-state index contributed by atoms with van der Waals surface area (Å²) in [5, 5.41) is 0. The predicted molar refractivity (Wildman–Crippen MR) is 71.8 cm³/mol. The van der Waals surface area contributed by atoms with E-state index in [1.807, 2.05) is 32.9 Å². The van der Waals surface area contributed by atoms with E-state index in [2.05, 4.69) is 0 Å². The average Bonchev–Trinajstić information content (AvgIpc) is 2.21. The first kappa shape index (κ1) is 14.2. The lowest BCUT2D eigenvalue weighted by molar-refractivity contribution is 0.592. The molecule has 0 aliphatic carbocycles. The van der Waals surface area contributed by atoms with Crippen molar-refractivity contribution in [2.24, 2.45) is 5.73 Å². The molecule has 3 nitrogen and oxygen atoms in total. The van der Waals surface area contributed by atoms with Gasteiger partial charge >= 0.3 is 0 Å². The Kier molecular flexibility index (Phi) is 4.71. The fourth-order valence-corrected chi connectivity index (χ4v) is 3.68. The third kappa shape index (κ3) is 4.13. The smallest absolute Gasteiger partial charge is 0.154 e. The zero-order valence-corrected chi connectivity index (χ0v) is 11.6. The monoisotopic (exact) mass is 255 g/mol. The minimum absolute atomic E-state index is 0.130. The van der Waals surface area contributed by atoms with Gasteiger partial charge in [-0.15, -0.1) is 0 Å². The molecule has 0 unspecified atom stereocenters. The molecule has 0 aliphatic heterocycles. The van der Waals surface area contributed by atoms with Crippen molar-refractivity contribution in [3.63, 3.8) is 0 Å². The van der Waals surface area contributed by atoms with Crippen LogP contribution in [0.4, 0.5) is 0 Å². The number of nitrogens with two attached hydrogens (primary N) is 1. The number of hydrogen-bond acceptors (Lipinski definition) is 3. The van der Waals surface area contributed by atoms with Crippen molar-refractivity contribution in [3.05, 3.63) is 34.4 Å². The highest BCUT2D eigenvalue weighted by atomic mass is 32.2. The summed E-state index contributed by atoms with van der Waals surface area (Å²) in [4.78, 5) is 0. The Balaban J connectivity index is 2.96. The van der Waals surface area contributed by atoms with Crippen LogP contribution in [0.5, 0.6) is 0 Å². The highest BCUT2D eigenvalue weighted by Gasteiger charge is 2.14. The van der Waals surface area contributed by atoms with Gasteiger partial charge in [-0.2, -0.15) is 0 Å². The Hall–Kier alpha value is -0.870. The molecule has 0 aromatic heterocycles. The molecule has 0 aliphatic rings. The topological polar surface area (TPSA) is 60.2 Å². The molecule has 4 heteroatoms. The zero-order valence-electron chi connectivity index (χ0n) is 10.8. The molecule has 0 saturated carbocycles. The molecule has 0 heterocycles. The molecule has 17 heavy (non-hydrogen) atoms. The number of aryl methyl sites for hydroxylation is 3. The van der Waals surface area contributed by atoms with E-state index in [4.69, 9.17) is 5.73 Å². The molecule has 0 atom stereocenters. The Bertz CT molecular complexity index is 469. The first-order valence-electron chi connectivity index (χ1n) is 5.83. The van der Waals surface area contributed by atoms with Crippen molar-refractivity contribution in [3.8, 4) is 0 Å². The Morgan fingerprint density at radius 1 is 1.12 bits per heavy atom. The van der Waals surface area contributed by atoms with Crippen LogP contribution >= 0.6 is 0 Å². The summed E-state index contributed by atoms with van der Waals surface area (Å²) in [5.41, 5.74) is 9.56. The molecule has 0 fully saturated rings. The van der Waals surface area contributed by atoms with Gasteiger partial charge in [0.05, 0.1) is 11.5 Å². The van der Waals surface area contributed by atoms with E-state index in [-0.39, 0.29) is 11.5 Å². The molecule has 1 rings (SSSR count). The standard InChI is InChI=1S/C13H21NO2S/c1-10-7-11(2)13(12(3)8-10)9-17(15,16)6-4-5-14/h7-8H,4-6,9,14H2,1-3H3. The van der Waals surface area contributed by atoms with Crippen LogP contribution in [0.3, 0.4) is 0 Å². The lowest BCUT2D eigenvalue weighted by Crippen LogP contribution is -2.14. The summed E-state index contributed by atoms with van der Waals surface area (Å²) in [6.45, 7) is 6.37. The summed E-state index contributed by atoms with van der Waals surface area (Å²) >= 11 is 0. The third-order valence-electron chi connectivity index (χ3n) is 2.86.